The second-order valence-corrected chi connectivity index (χ2v) is 7.51. The van der Waals surface area contributed by atoms with Crippen LogP contribution in [0.1, 0.15) is 27.7 Å². The first-order chi connectivity index (χ1) is 12.8. The Morgan fingerprint density at radius 2 is 1.18 bits per heavy atom. The van der Waals surface area contributed by atoms with Gasteiger partial charge in [0.25, 0.3) is 10.1 Å². The van der Waals surface area contributed by atoms with Crippen molar-refractivity contribution in [3.63, 3.8) is 0 Å². The van der Waals surface area contributed by atoms with Gasteiger partial charge in [0.2, 0.25) is 12.4 Å². The summed E-state index contributed by atoms with van der Waals surface area (Å²) in [6.07, 6.45) is -6.49. The zero-order valence-electron chi connectivity index (χ0n) is 15.9. The maximum Gasteiger partial charge on any atom is 0.305 e. The summed E-state index contributed by atoms with van der Waals surface area (Å²) in [6.45, 7) is 3.55. The third kappa shape index (κ3) is 7.78. The molecule has 0 aromatic rings. The largest absolute Gasteiger partial charge is 0.456 e. The second-order valence-electron chi connectivity index (χ2n) is 5.86. The molecule has 0 amide bonds. The van der Waals surface area contributed by atoms with Crippen LogP contribution in [0, 0.1) is 0 Å². The standard InChI is InChI=1S/C15H22O12S/c1-7(16)23-12-11(6-22-28(5,20)21)27-15(26-10(4)19)14(25-9(3)18)13(12)24-8(2)17/h11-15H,6H2,1-5H3/t11-,12-,13+,14+,15-/m1/s1. The van der Waals surface area contributed by atoms with E-state index in [0.717, 1.165) is 34.0 Å². The van der Waals surface area contributed by atoms with Gasteiger partial charge < -0.3 is 23.7 Å². The van der Waals surface area contributed by atoms with Crippen molar-refractivity contribution in [2.24, 2.45) is 0 Å². The molecule has 1 aliphatic rings. The highest BCUT2D eigenvalue weighted by molar-refractivity contribution is 7.85. The Morgan fingerprint density at radius 1 is 0.750 bits per heavy atom. The summed E-state index contributed by atoms with van der Waals surface area (Å²) in [7, 11) is -3.91. The van der Waals surface area contributed by atoms with Gasteiger partial charge in [0.05, 0.1) is 12.9 Å². The van der Waals surface area contributed by atoms with Crippen LogP contribution in [0.15, 0.2) is 0 Å². The van der Waals surface area contributed by atoms with E-state index in [1.165, 1.54) is 0 Å². The number of hydrogen-bond donors (Lipinski definition) is 0. The van der Waals surface area contributed by atoms with Crippen molar-refractivity contribution in [1.29, 1.82) is 0 Å². The first-order valence-corrected chi connectivity index (χ1v) is 9.80. The molecule has 1 heterocycles. The van der Waals surface area contributed by atoms with Crippen LogP contribution in [-0.2, 0) is 57.2 Å². The summed E-state index contributed by atoms with van der Waals surface area (Å²) in [6, 6.07) is 0. The molecule has 0 radical (unpaired) electrons. The van der Waals surface area contributed by atoms with E-state index in [-0.39, 0.29) is 0 Å². The molecule has 12 nitrogen and oxygen atoms in total. The molecule has 0 unspecified atom stereocenters. The highest BCUT2D eigenvalue weighted by Gasteiger charge is 2.53. The zero-order valence-corrected chi connectivity index (χ0v) is 16.7. The van der Waals surface area contributed by atoms with Crippen molar-refractivity contribution in [3.05, 3.63) is 0 Å². The summed E-state index contributed by atoms with van der Waals surface area (Å²) >= 11 is 0. The molecule has 0 saturated carbocycles. The van der Waals surface area contributed by atoms with Crippen LogP contribution in [0.25, 0.3) is 0 Å². The Kier molecular flexibility index (Phi) is 8.32. The molecule has 0 N–H and O–H groups in total. The molecule has 1 rings (SSSR count). The van der Waals surface area contributed by atoms with E-state index in [2.05, 4.69) is 4.18 Å². The lowest BCUT2D eigenvalue weighted by Gasteiger charge is -2.43. The first-order valence-electron chi connectivity index (χ1n) is 7.99. The molecular weight excluding hydrogens is 404 g/mol. The van der Waals surface area contributed by atoms with Gasteiger partial charge in [0.15, 0.2) is 12.2 Å². The van der Waals surface area contributed by atoms with Crippen LogP contribution in [0.3, 0.4) is 0 Å². The second kappa shape index (κ2) is 9.80. The van der Waals surface area contributed by atoms with Gasteiger partial charge in [0.1, 0.15) is 6.10 Å². The minimum Gasteiger partial charge on any atom is -0.456 e. The number of ether oxygens (including phenoxy) is 5. The third-order valence-electron chi connectivity index (χ3n) is 3.23. The smallest absolute Gasteiger partial charge is 0.305 e. The molecular formula is C15H22O12S. The van der Waals surface area contributed by atoms with E-state index in [1.807, 2.05) is 0 Å². The number of hydrogen-bond acceptors (Lipinski definition) is 12. The summed E-state index contributed by atoms with van der Waals surface area (Å²) in [4.78, 5) is 45.9. The summed E-state index contributed by atoms with van der Waals surface area (Å²) < 4.78 is 53.0. The fraction of sp³-hybridized carbons (Fsp3) is 0.733. The van der Waals surface area contributed by atoms with Crippen LogP contribution in [-0.4, -0.2) is 75.9 Å². The summed E-state index contributed by atoms with van der Waals surface area (Å²) in [5.41, 5.74) is 0. The molecule has 0 aromatic heterocycles. The lowest BCUT2D eigenvalue weighted by atomic mass is 9.98. The maximum atomic E-state index is 11.5. The Labute approximate surface area is 161 Å². The third-order valence-corrected chi connectivity index (χ3v) is 3.79. The normalized spacial score (nSPS) is 27.4. The molecule has 0 aromatic carbocycles. The SMILES string of the molecule is CC(=O)O[C@@H]1O[C@H](COS(C)(=O)=O)[C@@H](OC(C)=O)[C@H](OC(C)=O)[C@@H]1OC(C)=O. The van der Waals surface area contributed by atoms with E-state index in [4.69, 9.17) is 23.7 Å². The van der Waals surface area contributed by atoms with Gasteiger partial charge in [-0.05, 0) is 0 Å². The van der Waals surface area contributed by atoms with Gasteiger partial charge in [-0.25, -0.2) is 0 Å². The van der Waals surface area contributed by atoms with Gasteiger partial charge in [-0.2, -0.15) is 8.42 Å². The predicted molar refractivity (Wildman–Crippen MR) is 87.9 cm³/mol. The maximum absolute atomic E-state index is 11.5. The van der Waals surface area contributed by atoms with Crippen molar-refractivity contribution in [3.8, 4) is 0 Å². The molecule has 0 bridgehead atoms. The Bertz CT molecular complexity index is 715. The quantitative estimate of drug-likeness (QED) is 0.279. The van der Waals surface area contributed by atoms with Gasteiger partial charge in [-0.15, -0.1) is 0 Å². The molecule has 1 saturated heterocycles. The number of carbonyl (C=O) groups is 4. The van der Waals surface area contributed by atoms with Gasteiger partial charge >= 0.3 is 23.9 Å². The average molecular weight is 426 g/mol. The lowest BCUT2D eigenvalue weighted by Crippen LogP contribution is -2.63. The Balaban J connectivity index is 3.33. The summed E-state index contributed by atoms with van der Waals surface area (Å²) in [5.74, 6) is -3.29. The molecule has 13 heteroatoms. The van der Waals surface area contributed by atoms with E-state index < -0.39 is 71.3 Å². The van der Waals surface area contributed by atoms with Crippen LogP contribution in [0.5, 0.6) is 0 Å². The van der Waals surface area contributed by atoms with Gasteiger partial charge in [-0.3, -0.25) is 23.4 Å². The molecule has 1 aliphatic heterocycles. The van der Waals surface area contributed by atoms with Gasteiger partial charge in [0, 0.05) is 27.7 Å². The summed E-state index contributed by atoms with van der Waals surface area (Å²) in [5, 5.41) is 0. The fourth-order valence-corrected chi connectivity index (χ4v) is 2.82. The first kappa shape index (κ1) is 23.8. The molecule has 160 valence electrons. The van der Waals surface area contributed by atoms with E-state index >= 15 is 0 Å². The van der Waals surface area contributed by atoms with Crippen molar-refractivity contribution in [2.45, 2.75) is 58.4 Å². The fourth-order valence-electron chi connectivity index (χ4n) is 2.44. The Morgan fingerprint density at radius 3 is 1.61 bits per heavy atom. The monoisotopic (exact) mass is 426 g/mol. The van der Waals surface area contributed by atoms with Gasteiger partial charge in [-0.1, -0.05) is 0 Å². The van der Waals surface area contributed by atoms with E-state index in [0.29, 0.717) is 0 Å². The average Bonchev–Trinajstić information content (AvgIpc) is 2.48. The molecule has 5 atom stereocenters. The number of carbonyl (C=O) groups excluding carboxylic acids is 4. The van der Waals surface area contributed by atoms with Crippen molar-refractivity contribution in [2.75, 3.05) is 12.9 Å². The van der Waals surface area contributed by atoms with Crippen LogP contribution in [0.2, 0.25) is 0 Å². The van der Waals surface area contributed by atoms with Crippen LogP contribution < -0.4 is 0 Å². The van der Waals surface area contributed by atoms with Crippen molar-refractivity contribution >= 4 is 34.0 Å². The van der Waals surface area contributed by atoms with Crippen molar-refractivity contribution < 1.29 is 55.5 Å². The number of esters is 4. The molecule has 0 aliphatic carbocycles. The van der Waals surface area contributed by atoms with Crippen LogP contribution >= 0.6 is 0 Å². The highest BCUT2D eigenvalue weighted by atomic mass is 32.2. The predicted octanol–water partition coefficient (Wildman–Crippen LogP) is -0.954. The zero-order chi connectivity index (χ0) is 21.6. The minimum absolute atomic E-state index is 0.654. The van der Waals surface area contributed by atoms with E-state index in [9.17, 15) is 27.6 Å². The Hall–Kier alpha value is -2.25. The topological polar surface area (TPSA) is 158 Å². The number of rotatable bonds is 7. The molecule has 1 fully saturated rings. The molecule has 0 spiro atoms. The van der Waals surface area contributed by atoms with Crippen LogP contribution in [0.4, 0.5) is 0 Å². The highest BCUT2D eigenvalue weighted by Crippen LogP contribution is 2.30. The lowest BCUT2D eigenvalue weighted by molar-refractivity contribution is -0.298. The van der Waals surface area contributed by atoms with E-state index in [1.54, 1.807) is 0 Å². The minimum atomic E-state index is -3.91. The van der Waals surface area contributed by atoms with Crippen molar-refractivity contribution in [1.82, 2.24) is 0 Å². The molecule has 28 heavy (non-hydrogen) atoms.